The molecule has 0 amide bonds. The minimum Gasteiger partial charge on any atom is -0.469 e. The Bertz CT molecular complexity index is 884. The molecule has 29 heavy (non-hydrogen) atoms. The normalized spacial score (nSPS) is 25.7. The Labute approximate surface area is 165 Å². The average Bonchev–Trinajstić information content (AvgIpc) is 2.61. The molecule has 4 rings (SSSR count). The number of rotatable bonds is 3. The number of β-amino-alcohol motifs (C(OH)–C–C–N with tert-alkyl or cyclic N) is 1. The number of nitrogens with zero attached hydrogens (tertiary/aromatic N) is 4. The van der Waals surface area contributed by atoms with E-state index in [-0.39, 0.29) is 35.5 Å². The Balaban J connectivity index is 1.60. The van der Waals surface area contributed by atoms with E-state index >= 15 is 0 Å². The number of aliphatic hydroxyl groups excluding tert-OH is 1. The van der Waals surface area contributed by atoms with Crippen LogP contribution in [0.3, 0.4) is 0 Å². The summed E-state index contributed by atoms with van der Waals surface area (Å²) in [7, 11) is 1.34. The van der Waals surface area contributed by atoms with Crippen molar-refractivity contribution in [3.8, 4) is 6.07 Å². The largest absolute Gasteiger partial charge is 0.469 e. The number of pyridine rings is 1. The molecule has 0 unspecified atom stereocenters. The van der Waals surface area contributed by atoms with Crippen LogP contribution in [0.5, 0.6) is 0 Å². The minimum absolute atomic E-state index is 0.0443. The van der Waals surface area contributed by atoms with Crippen LogP contribution < -0.4 is 9.80 Å². The Morgan fingerprint density at radius 2 is 2.07 bits per heavy atom. The number of anilines is 2. The van der Waals surface area contributed by atoms with E-state index in [9.17, 15) is 28.3 Å². The molecule has 3 aliphatic rings. The number of alkyl halides is 3. The summed E-state index contributed by atoms with van der Waals surface area (Å²) in [4.78, 5) is 19.2. The van der Waals surface area contributed by atoms with Gasteiger partial charge in [0.05, 0.1) is 30.7 Å². The lowest BCUT2D eigenvalue weighted by Gasteiger charge is -2.58. The molecule has 2 aliphatic heterocycles. The number of ether oxygens (including phenoxy) is 1. The zero-order valence-electron chi connectivity index (χ0n) is 16.0. The van der Waals surface area contributed by atoms with E-state index in [4.69, 9.17) is 4.74 Å². The fourth-order valence-corrected chi connectivity index (χ4v) is 4.59. The Morgan fingerprint density at radius 1 is 1.41 bits per heavy atom. The molecule has 1 aliphatic carbocycles. The first kappa shape index (κ1) is 19.8. The van der Waals surface area contributed by atoms with Gasteiger partial charge >= 0.3 is 12.1 Å². The van der Waals surface area contributed by atoms with Crippen molar-refractivity contribution in [3.05, 3.63) is 17.2 Å². The lowest BCUT2D eigenvalue weighted by Crippen LogP contribution is -2.64. The van der Waals surface area contributed by atoms with Gasteiger partial charge in [-0.1, -0.05) is 0 Å². The number of nitriles is 1. The summed E-state index contributed by atoms with van der Waals surface area (Å²) >= 11 is 0. The number of carbonyl (C=O) groups excluding carboxylic acids is 1. The lowest BCUT2D eigenvalue weighted by atomic mass is 9.57. The average molecular weight is 410 g/mol. The highest BCUT2D eigenvalue weighted by Crippen LogP contribution is 2.53. The first-order chi connectivity index (χ1) is 13.6. The topological polar surface area (TPSA) is 89.7 Å². The van der Waals surface area contributed by atoms with Gasteiger partial charge in [-0.05, 0) is 25.8 Å². The third-order valence-corrected chi connectivity index (χ3v) is 6.38. The van der Waals surface area contributed by atoms with Gasteiger partial charge < -0.3 is 19.6 Å². The summed E-state index contributed by atoms with van der Waals surface area (Å²) in [6.07, 6.45) is -4.06. The molecule has 1 saturated carbocycles. The molecule has 1 aromatic rings. The summed E-state index contributed by atoms with van der Waals surface area (Å²) < 4.78 is 45.6. The van der Waals surface area contributed by atoms with Crippen LogP contribution in [0.4, 0.5) is 24.8 Å². The Hall–Kier alpha value is -2.54. The van der Waals surface area contributed by atoms with Gasteiger partial charge in [-0.3, -0.25) is 4.79 Å². The third kappa shape index (κ3) is 3.08. The van der Waals surface area contributed by atoms with Crippen molar-refractivity contribution in [1.82, 2.24) is 4.98 Å². The molecular weight excluding hydrogens is 389 g/mol. The van der Waals surface area contributed by atoms with Gasteiger partial charge in [0.15, 0.2) is 0 Å². The maximum absolute atomic E-state index is 13.6. The van der Waals surface area contributed by atoms with E-state index in [0.29, 0.717) is 25.9 Å². The van der Waals surface area contributed by atoms with Crippen LogP contribution >= 0.6 is 0 Å². The van der Waals surface area contributed by atoms with Crippen molar-refractivity contribution in [2.45, 2.75) is 38.1 Å². The number of carbonyl (C=O) groups is 1. The number of esters is 1. The molecule has 10 heteroatoms. The number of aliphatic hydroxyl groups is 1. The van der Waals surface area contributed by atoms with Crippen LogP contribution in [0.25, 0.3) is 0 Å². The number of hydrogen-bond donors (Lipinski definition) is 1. The Kier molecular flexibility index (Phi) is 4.42. The van der Waals surface area contributed by atoms with Crippen LogP contribution in [0.2, 0.25) is 0 Å². The fourth-order valence-electron chi connectivity index (χ4n) is 4.59. The molecule has 2 atom stereocenters. The monoisotopic (exact) mass is 410 g/mol. The molecule has 0 radical (unpaired) electrons. The van der Waals surface area contributed by atoms with E-state index in [1.54, 1.807) is 17.9 Å². The molecule has 0 bridgehead atoms. The quantitative estimate of drug-likeness (QED) is 0.762. The number of halogens is 3. The van der Waals surface area contributed by atoms with Gasteiger partial charge in [-0.25, -0.2) is 4.98 Å². The Morgan fingerprint density at radius 3 is 2.55 bits per heavy atom. The van der Waals surface area contributed by atoms with Gasteiger partial charge in [-0.2, -0.15) is 18.4 Å². The highest BCUT2D eigenvalue weighted by molar-refractivity contribution is 5.74. The molecule has 1 N–H and O–H groups in total. The van der Waals surface area contributed by atoms with Crippen molar-refractivity contribution in [2.24, 2.45) is 11.3 Å². The summed E-state index contributed by atoms with van der Waals surface area (Å²) in [5.41, 5.74) is -1.63. The molecule has 1 aromatic heterocycles. The zero-order chi connectivity index (χ0) is 21.1. The summed E-state index contributed by atoms with van der Waals surface area (Å²) in [5, 5.41) is 19.1. The molecule has 0 aromatic carbocycles. The highest BCUT2D eigenvalue weighted by Gasteiger charge is 2.55. The standard InChI is InChI=1S/C19H21F3N4O3/c1-10-14(27)7-26(10)16-12(6-23)13(19(20,21)22)3-15(24-16)25-8-18(9-25)4-11(5-18)17(28)29-2/h3,10-11,14,27H,4-5,7-9H2,1-2H3/t10-,14+/m0/s1. The van der Waals surface area contributed by atoms with Crippen LogP contribution in [-0.2, 0) is 15.7 Å². The van der Waals surface area contributed by atoms with E-state index in [2.05, 4.69) is 4.98 Å². The zero-order valence-corrected chi connectivity index (χ0v) is 16.0. The van der Waals surface area contributed by atoms with E-state index in [1.165, 1.54) is 12.0 Å². The maximum Gasteiger partial charge on any atom is 0.417 e. The number of methoxy groups -OCH3 is 1. The first-order valence-electron chi connectivity index (χ1n) is 9.38. The second kappa shape index (κ2) is 6.49. The molecule has 1 spiro atoms. The van der Waals surface area contributed by atoms with Gasteiger partial charge in [0.25, 0.3) is 0 Å². The fraction of sp³-hybridized carbons (Fsp3) is 0.632. The number of aromatic nitrogens is 1. The second-order valence-corrected chi connectivity index (χ2v) is 8.28. The van der Waals surface area contributed by atoms with E-state index in [0.717, 1.165) is 6.07 Å². The smallest absolute Gasteiger partial charge is 0.417 e. The predicted octanol–water partition coefficient (Wildman–Crippen LogP) is 1.93. The van der Waals surface area contributed by atoms with Crippen LogP contribution in [0.15, 0.2) is 6.07 Å². The third-order valence-electron chi connectivity index (χ3n) is 6.38. The van der Waals surface area contributed by atoms with Crippen LogP contribution in [-0.4, -0.2) is 54.9 Å². The SMILES string of the molecule is COC(=O)C1CC2(C1)CN(c1cc(C(F)(F)F)c(C#N)c(N3C[C@@H](O)[C@@H]3C)n1)C2. The van der Waals surface area contributed by atoms with Crippen molar-refractivity contribution >= 4 is 17.6 Å². The summed E-state index contributed by atoms with van der Waals surface area (Å²) in [5.74, 6) is -0.289. The molecule has 7 nitrogen and oxygen atoms in total. The van der Waals surface area contributed by atoms with Gasteiger partial charge in [0, 0.05) is 25.0 Å². The summed E-state index contributed by atoms with van der Waals surface area (Å²) in [6.45, 7) is 2.83. The highest BCUT2D eigenvalue weighted by atomic mass is 19.4. The van der Waals surface area contributed by atoms with E-state index in [1.807, 2.05) is 0 Å². The molecule has 2 saturated heterocycles. The van der Waals surface area contributed by atoms with Crippen molar-refractivity contribution < 1.29 is 27.8 Å². The summed E-state index contributed by atoms with van der Waals surface area (Å²) in [6, 6.07) is 2.15. The number of hydrogen-bond acceptors (Lipinski definition) is 7. The molecular formula is C19H21F3N4O3. The van der Waals surface area contributed by atoms with Crippen LogP contribution in [0.1, 0.15) is 30.9 Å². The van der Waals surface area contributed by atoms with Crippen molar-refractivity contribution in [1.29, 1.82) is 5.26 Å². The van der Waals surface area contributed by atoms with E-state index < -0.39 is 29.4 Å². The van der Waals surface area contributed by atoms with Crippen molar-refractivity contribution in [2.75, 3.05) is 36.5 Å². The van der Waals surface area contributed by atoms with Gasteiger partial charge in [0.2, 0.25) is 0 Å². The molecule has 3 heterocycles. The lowest BCUT2D eigenvalue weighted by molar-refractivity contribution is -0.155. The maximum atomic E-state index is 13.6. The molecule has 3 fully saturated rings. The van der Waals surface area contributed by atoms with Gasteiger partial charge in [0.1, 0.15) is 23.3 Å². The first-order valence-corrected chi connectivity index (χ1v) is 9.38. The van der Waals surface area contributed by atoms with Crippen molar-refractivity contribution in [3.63, 3.8) is 0 Å². The van der Waals surface area contributed by atoms with Gasteiger partial charge in [-0.15, -0.1) is 0 Å². The van der Waals surface area contributed by atoms with Crippen LogP contribution in [0, 0.1) is 22.7 Å². The molecule has 156 valence electrons. The second-order valence-electron chi connectivity index (χ2n) is 8.28. The minimum atomic E-state index is -4.70. The predicted molar refractivity (Wildman–Crippen MR) is 96.2 cm³/mol.